The van der Waals surface area contributed by atoms with Gasteiger partial charge in [0.25, 0.3) is 0 Å². The van der Waals surface area contributed by atoms with Gasteiger partial charge in [0.2, 0.25) is 0 Å². The van der Waals surface area contributed by atoms with E-state index in [4.69, 9.17) is 0 Å². The largest absolute Gasteiger partial charge is 0.316 e. The molecule has 1 saturated heterocycles. The molecule has 0 spiro atoms. The van der Waals surface area contributed by atoms with E-state index in [1.165, 1.54) is 6.07 Å². The van der Waals surface area contributed by atoms with Gasteiger partial charge in [-0.1, -0.05) is 15.9 Å². The lowest BCUT2D eigenvalue weighted by Gasteiger charge is -2.26. The maximum atomic E-state index is 13.0. The van der Waals surface area contributed by atoms with Gasteiger partial charge in [0.05, 0.1) is 0 Å². The number of nitrogens with one attached hydrogen (secondary N) is 1. The topological polar surface area (TPSA) is 12.0 Å². The van der Waals surface area contributed by atoms with Gasteiger partial charge >= 0.3 is 0 Å². The Morgan fingerprint density at radius 3 is 2.93 bits per heavy atom. The fourth-order valence-electron chi connectivity index (χ4n) is 1.46. The molecule has 4 heteroatoms. The minimum absolute atomic E-state index is 0.154. The van der Waals surface area contributed by atoms with E-state index in [-0.39, 0.29) is 5.82 Å². The Morgan fingerprint density at radius 1 is 1.47 bits per heavy atom. The minimum atomic E-state index is -0.154. The van der Waals surface area contributed by atoms with Crippen LogP contribution < -0.4 is 5.32 Å². The zero-order chi connectivity index (χ0) is 10.7. The monoisotopic (exact) mass is 289 g/mol. The fourth-order valence-corrected chi connectivity index (χ4v) is 3.17. The Kier molecular flexibility index (Phi) is 4.05. The lowest BCUT2D eigenvalue weighted by atomic mass is 10.1. The molecule has 1 aliphatic rings. The summed E-state index contributed by atoms with van der Waals surface area (Å²) in [5.41, 5.74) is 1.05. The van der Waals surface area contributed by atoms with Crippen LogP contribution in [-0.2, 0) is 5.75 Å². The Hall–Kier alpha value is -0.0600. The highest BCUT2D eigenvalue weighted by Crippen LogP contribution is 2.24. The van der Waals surface area contributed by atoms with Crippen LogP contribution in [-0.4, -0.2) is 18.8 Å². The van der Waals surface area contributed by atoms with E-state index in [9.17, 15) is 4.39 Å². The van der Waals surface area contributed by atoms with E-state index in [1.54, 1.807) is 12.1 Å². The number of thioether (sulfide) groups is 1. The van der Waals surface area contributed by atoms with Crippen molar-refractivity contribution in [2.75, 3.05) is 18.8 Å². The number of hydrogen-bond acceptors (Lipinski definition) is 2. The average Bonchev–Trinajstić information content (AvgIpc) is 2.15. The molecule has 82 valence electrons. The molecule has 1 aliphatic heterocycles. The molecule has 15 heavy (non-hydrogen) atoms. The lowest BCUT2D eigenvalue weighted by molar-refractivity contribution is 0.385. The summed E-state index contributed by atoms with van der Waals surface area (Å²) in [7, 11) is 0. The van der Waals surface area contributed by atoms with Crippen molar-refractivity contribution in [3.05, 3.63) is 34.1 Å². The van der Waals surface area contributed by atoms with E-state index < -0.39 is 0 Å². The molecule has 1 nitrogen and oxygen atoms in total. The minimum Gasteiger partial charge on any atom is -0.316 e. The average molecular weight is 290 g/mol. The summed E-state index contributed by atoms with van der Waals surface area (Å²) >= 11 is 5.31. The zero-order valence-corrected chi connectivity index (χ0v) is 10.7. The highest BCUT2D eigenvalue weighted by molar-refractivity contribution is 9.10. The highest BCUT2D eigenvalue weighted by Gasteiger charge is 2.16. The van der Waals surface area contributed by atoms with Crippen LogP contribution in [0.2, 0.25) is 0 Å². The van der Waals surface area contributed by atoms with Crippen LogP contribution in [0.25, 0.3) is 0 Å². The Balaban J connectivity index is 1.83. The molecular formula is C11H13BrFNS. The van der Waals surface area contributed by atoms with Crippen molar-refractivity contribution in [1.82, 2.24) is 5.32 Å². The molecule has 1 aromatic carbocycles. The van der Waals surface area contributed by atoms with Gasteiger partial charge < -0.3 is 5.32 Å². The van der Waals surface area contributed by atoms with Gasteiger partial charge in [-0.05, 0) is 48.5 Å². The van der Waals surface area contributed by atoms with Crippen molar-refractivity contribution in [2.45, 2.75) is 5.75 Å². The van der Waals surface area contributed by atoms with Gasteiger partial charge in [-0.2, -0.15) is 11.8 Å². The first kappa shape index (κ1) is 11.4. The van der Waals surface area contributed by atoms with Crippen LogP contribution >= 0.6 is 27.7 Å². The van der Waals surface area contributed by atoms with Crippen LogP contribution in [0.15, 0.2) is 22.7 Å². The van der Waals surface area contributed by atoms with Crippen LogP contribution in [0.1, 0.15) is 5.56 Å². The van der Waals surface area contributed by atoms with Crippen molar-refractivity contribution in [3.8, 4) is 0 Å². The fraction of sp³-hybridized carbons (Fsp3) is 0.455. The number of halogens is 2. The third-order valence-corrected chi connectivity index (χ3v) is 4.48. The maximum Gasteiger partial charge on any atom is 0.123 e. The number of benzene rings is 1. The van der Waals surface area contributed by atoms with Crippen molar-refractivity contribution in [3.63, 3.8) is 0 Å². The molecule has 0 aliphatic carbocycles. The Labute approximate surface area is 102 Å². The third-order valence-electron chi connectivity index (χ3n) is 2.48. The second kappa shape index (κ2) is 5.32. The molecule has 0 aromatic heterocycles. The van der Waals surface area contributed by atoms with Gasteiger partial charge in [0, 0.05) is 10.2 Å². The molecular weight excluding hydrogens is 277 g/mol. The molecule has 0 saturated carbocycles. The van der Waals surface area contributed by atoms with Crippen LogP contribution in [0.4, 0.5) is 4.39 Å². The molecule has 1 fully saturated rings. The van der Waals surface area contributed by atoms with Crippen molar-refractivity contribution < 1.29 is 4.39 Å². The lowest BCUT2D eigenvalue weighted by Crippen LogP contribution is -2.43. The number of rotatable bonds is 4. The van der Waals surface area contributed by atoms with E-state index in [2.05, 4.69) is 21.2 Å². The summed E-state index contributed by atoms with van der Waals surface area (Å²) in [4.78, 5) is 0. The quantitative estimate of drug-likeness (QED) is 0.914. The predicted molar refractivity (Wildman–Crippen MR) is 66.6 cm³/mol. The van der Waals surface area contributed by atoms with E-state index in [1.807, 2.05) is 11.8 Å². The normalized spacial score (nSPS) is 16.4. The van der Waals surface area contributed by atoms with E-state index >= 15 is 0 Å². The molecule has 2 rings (SSSR count). The van der Waals surface area contributed by atoms with E-state index in [0.29, 0.717) is 0 Å². The van der Waals surface area contributed by atoms with E-state index in [0.717, 1.165) is 40.5 Å². The zero-order valence-electron chi connectivity index (χ0n) is 8.30. The molecule has 1 aromatic rings. The Bertz CT molecular complexity index is 341. The van der Waals surface area contributed by atoms with Crippen molar-refractivity contribution >= 4 is 27.7 Å². The van der Waals surface area contributed by atoms with Crippen molar-refractivity contribution in [2.24, 2.45) is 5.92 Å². The molecule has 0 unspecified atom stereocenters. The molecule has 0 radical (unpaired) electrons. The summed E-state index contributed by atoms with van der Waals surface area (Å²) < 4.78 is 14.0. The molecule has 0 atom stereocenters. The van der Waals surface area contributed by atoms with Gasteiger partial charge in [-0.3, -0.25) is 0 Å². The molecule has 1 heterocycles. The summed E-state index contributed by atoms with van der Waals surface area (Å²) in [5.74, 6) is 2.70. The first-order valence-electron chi connectivity index (χ1n) is 4.98. The second-order valence-electron chi connectivity index (χ2n) is 3.78. The highest BCUT2D eigenvalue weighted by atomic mass is 79.9. The maximum absolute atomic E-state index is 13.0. The van der Waals surface area contributed by atoms with Crippen LogP contribution in [0.5, 0.6) is 0 Å². The third kappa shape index (κ3) is 3.20. The summed E-state index contributed by atoms with van der Waals surface area (Å²) in [5, 5.41) is 3.25. The second-order valence-corrected chi connectivity index (χ2v) is 5.66. The first-order chi connectivity index (χ1) is 7.25. The summed E-state index contributed by atoms with van der Waals surface area (Å²) in [6.45, 7) is 2.27. The van der Waals surface area contributed by atoms with Gasteiger partial charge in [0.1, 0.15) is 5.82 Å². The molecule has 0 bridgehead atoms. The Morgan fingerprint density at radius 2 is 2.27 bits per heavy atom. The predicted octanol–water partition coefficient (Wildman–Crippen LogP) is 3.04. The van der Waals surface area contributed by atoms with Crippen LogP contribution in [0.3, 0.4) is 0 Å². The summed E-state index contributed by atoms with van der Waals surface area (Å²) in [6, 6.07) is 4.86. The summed E-state index contributed by atoms with van der Waals surface area (Å²) in [6.07, 6.45) is 0. The van der Waals surface area contributed by atoms with Gasteiger partial charge in [-0.15, -0.1) is 0 Å². The smallest absolute Gasteiger partial charge is 0.123 e. The van der Waals surface area contributed by atoms with Crippen LogP contribution in [0, 0.1) is 11.7 Å². The van der Waals surface area contributed by atoms with Gasteiger partial charge in [0.15, 0.2) is 0 Å². The SMILES string of the molecule is Fc1ccc(Br)c(CSCC2CNC2)c1. The van der Waals surface area contributed by atoms with Crippen molar-refractivity contribution in [1.29, 1.82) is 0 Å². The molecule has 0 amide bonds. The standard InChI is InChI=1S/C11H13BrFNS/c12-11-2-1-10(13)3-9(11)7-15-6-8-4-14-5-8/h1-3,8,14H,4-7H2. The first-order valence-corrected chi connectivity index (χ1v) is 6.93. The molecule has 1 N–H and O–H groups in total. The number of hydrogen-bond donors (Lipinski definition) is 1. The van der Waals surface area contributed by atoms with Gasteiger partial charge in [-0.25, -0.2) is 4.39 Å².